The zero-order valence-electron chi connectivity index (χ0n) is 12.7. The lowest BCUT2D eigenvalue weighted by atomic mass is 9.86. The first kappa shape index (κ1) is 13.7. The highest BCUT2D eigenvalue weighted by Gasteiger charge is 2.37. The van der Waals surface area contributed by atoms with Crippen molar-refractivity contribution in [2.75, 3.05) is 13.1 Å². The van der Waals surface area contributed by atoms with Gasteiger partial charge < -0.3 is 9.84 Å². The topological polar surface area (TPSA) is 32.7 Å². The molecule has 1 saturated heterocycles. The summed E-state index contributed by atoms with van der Waals surface area (Å²) in [6.07, 6.45) is 3.63. The standard InChI is InChI=1S/C17H25NO2/c1-12-5-4-8-18(11-12)15-10-17(2,3)20-16-9-13(19)6-7-14(15)16/h6-7,9,12,15,19H,4-5,8,10-11H2,1-3H3. The number of ether oxygens (including phenoxy) is 1. The number of aromatic hydroxyl groups is 1. The Morgan fingerprint density at radius 3 is 2.90 bits per heavy atom. The number of hydrogen-bond acceptors (Lipinski definition) is 3. The van der Waals surface area contributed by atoms with Crippen molar-refractivity contribution in [3.63, 3.8) is 0 Å². The number of phenols is 1. The smallest absolute Gasteiger partial charge is 0.128 e. The Kier molecular flexibility index (Phi) is 3.41. The number of hydrogen-bond donors (Lipinski definition) is 1. The van der Waals surface area contributed by atoms with Crippen molar-refractivity contribution in [2.24, 2.45) is 5.92 Å². The minimum atomic E-state index is -0.174. The maximum absolute atomic E-state index is 9.70. The Labute approximate surface area is 121 Å². The molecule has 0 saturated carbocycles. The molecule has 0 amide bonds. The third-order valence-electron chi connectivity index (χ3n) is 4.56. The zero-order valence-corrected chi connectivity index (χ0v) is 12.7. The Balaban J connectivity index is 1.94. The van der Waals surface area contributed by atoms with Gasteiger partial charge >= 0.3 is 0 Å². The van der Waals surface area contributed by atoms with Gasteiger partial charge in [0.25, 0.3) is 0 Å². The predicted molar refractivity (Wildman–Crippen MR) is 80.1 cm³/mol. The number of piperidine rings is 1. The maximum atomic E-state index is 9.70. The first-order valence-electron chi connectivity index (χ1n) is 7.70. The number of phenolic OH excluding ortho intramolecular Hbond substituents is 1. The van der Waals surface area contributed by atoms with E-state index in [0.29, 0.717) is 6.04 Å². The number of rotatable bonds is 1. The van der Waals surface area contributed by atoms with Gasteiger partial charge in [-0.2, -0.15) is 0 Å². The summed E-state index contributed by atoms with van der Waals surface area (Å²) in [6, 6.07) is 5.98. The van der Waals surface area contributed by atoms with Crippen LogP contribution in [0.5, 0.6) is 11.5 Å². The molecule has 2 atom stereocenters. The van der Waals surface area contributed by atoms with E-state index in [-0.39, 0.29) is 11.4 Å². The highest BCUT2D eigenvalue weighted by atomic mass is 16.5. The summed E-state index contributed by atoms with van der Waals surface area (Å²) in [5, 5.41) is 9.70. The van der Waals surface area contributed by atoms with E-state index in [1.807, 2.05) is 6.07 Å². The van der Waals surface area contributed by atoms with Crippen LogP contribution < -0.4 is 4.74 Å². The van der Waals surface area contributed by atoms with Crippen LogP contribution in [0.4, 0.5) is 0 Å². The fourth-order valence-electron chi connectivity index (χ4n) is 3.64. The lowest BCUT2D eigenvalue weighted by molar-refractivity contribution is 0.0166. The van der Waals surface area contributed by atoms with Crippen LogP contribution in [0.1, 0.15) is 51.6 Å². The Hall–Kier alpha value is -1.22. The molecule has 2 unspecified atom stereocenters. The van der Waals surface area contributed by atoms with E-state index >= 15 is 0 Å². The molecule has 1 N–H and O–H groups in total. The molecule has 20 heavy (non-hydrogen) atoms. The quantitative estimate of drug-likeness (QED) is 0.847. The van der Waals surface area contributed by atoms with Crippen molar-refractivity contribution in [3.8, 4) is 11.5 Å². The Morgan fingerprint density at radius 2 is 2.15 bits per heavy atom. The van der Waals surface area contributed by atoms with E-state index in [1.54, 1.807) is 12.1 Å². The van der Waals surface area contributed by atoms with Crippen molar-refractivity contribution in [1.82, 2.24) is 4.90 Å². The minimum Gasteiger partial charge on any atom is -0.508 e. The monoisotopic (exact) mass is 275 g/mol. The first-order valence-corrected chi connectivity index (χ1v) is 7.70. The van der Waals surface area contributed by atoms with Gasteiger partial charge in [-0.25, -0.2) is 0 Å². The maximum Gasteiger partial charge on any atom is 0.128 e. The Bertz CT molecular complexity index is 498. The summed E-state index contributed by atoms with van der Waals surface area (Å²) < 4.78 is 6.06. The number of benzene rings is 1. The number of likely N-dealkylation sites (tertiary alicyclic amines) is 1. The van der Waals surface area contributed by atoms with Crippen molar-refractivity contribution in [1.29, 1.82) is 0 Å². The highest BCUT2D eigenvalue weighted by molar-refractivity contribution is 5.44. The molecule has 3 rings (SSSR count). The van der Waals surface area contributed by atoms with E-state index in [0.717, 1.165) is 18.1 Å². The van der Waals surface area contributed by atoms with Crippen LogP contribution in [0.3, 0.4) is 0 Å². The van der Waals surface area contributed by atoms with Crippen LogP contribution in [-0.2, 0) is 0 Å². The molecule has 3 heteroatoms. The van der Waals surface area contributed by atoms with Gasteiger partial charge in [0.15, 0.2) is 0 Å². The molecule has 1 aromatic rings. The van der Waals surface area contributed by atoms with Crippen molar-refractivity contribution < 1.29 is 9.84 Å². The minimum absolute atomic E-state index is 0.174. The predicted octanol–water partition coefficient (Wildman–Crippen LogP) is 3.73. The van der Waals surface area contributed by atoms with Gasteiger partial charge in [-0.3, -0.25) is 4.90 Å². The summed E-state index contributed by atoms with van der Waals surface area (Å²) in [4.78, 5) is 2.61. The molecule has 0 bridgehead atoms. The average molecular weight is 275 g/mol. The first-order chi connectivity index (χ1) is 9.44. The molecule has 1 aromatic carbocycles. The second kappa shape index (κ2) is 4.96. The largest absolute Gasteiger partial charge is 0.508 e. The van der Waals surface area contributed by atoms with Crippen LogP contribution in [-0.4, -0.2) is 28.7 Å². The third kappa shape index (κ3) is 2.64. The molecular weight excluding hydrogens is 250 g/mol. The lowest BCUT2D eigenvalue weighted by Gasteiger charge is -2.45. The summed E-state index contributed by atoms with van der Waals surface area (Å²) in [7, 11) is 0. The van der Waals surface area contributed by atoms with Crippen LogP contribution in [0.2, 0.25) is 0 Å². The van der Waals surface area contributed by atoms with Gasteiger partial charge in [-0.1, -0.05) is 13.0 Å². The second-order valence-corrected chi connectivity index (χ2v) is 7.05. The van der Waals surface area contributed by atoms with E-state index in [1.165, 1.54) is 31.5 Å². The van der Waals surface area contributed by atoms with Gasteiger partial charge in [0.05, 0.1) is 0 Å². The molecule has 110 valence electrons. The van der Waals surface area contributed by atoms with E-state index < -0.39 is 0 Å². The molecule has 0 spiro atoms. The lowest BCUT2D eigenvalue weighted by Crippen LogP contribution is -2.44. The molecule has 1 fully saturated rings. The van der Waals surface area contributed by atoms with Crippen LogP contribution in [0.15, 0.2) is 18.2 Å². The SMILES string of the molecule is CC1CCCN(C2CC(C)(C)Oc3cc(O)ccc32)C1. The van der Waals surface area contributed by atoms with Gasteiger partial charge in [0.1, 0.15) is 17.1 Å². The zero-order chi connectivity index (χ0) is 14.3. The summed E-state index contributed by atoms with van der Waals surface area (Å²) in [5.41, 5.74) is 1.06. The number of nitrogens with zero attached hydrogens (tertiary/aromatic N) is 1. The van der Waals surface area contributed by atoms with Gasteiger partial charge in [-0.05, 0) is 45.2 Å². The molecule has 0 aromatic heterocycles. The van der Waals surface area contributed by atoms with Crippen LogP contribution in [0.25, 0.3) is 0 Å². The average Bonchev–Trinajstić information content (AvgIpc) is 2.36. The summed E-state index contributed by atoms with van der Waals surface area (Å²) >= 11 is 0. The molecule has 2 aliphatic heterocycles. The van der Waals surface area contributed by atoms with Crippen LogP contribution in [0, 0.1) is 5.92 Å². The van der Waals surface area contributed by atoms with Crippen molar-refractivity contribution in [3.05, 3.63) is 23.8 Å². The fraction of sp³-hybridized carbons (Fsp3) is 0.647. The summed E-state index contributed by atoms with van der Waals surface area (Å²) in [5.74, 6) is 1.91. The van der Waals surface area contributed by atoms with Crippen molar-refractivity contribution >= 4 is 0 Å². The normalized spacial score (nSPS) is 29.6. The van der Waals surface area contributed by atoms with Gasteiger partial charge in [-0.15, -0.1) is 0 Å². The van der Waals surface area contributed by atoms with Gasteiger partial charge in [0, 0.05) is 30.6 Å². The molecule has 2 aliphatic rings. The van der Waals surface area contributed by atoms with E-state index in [4.69, 9.17) is 4.74 Å². The second-order valence-electron chi connectivity index (χ2n) is 7.05. The summed E-state index contributed by atoms with van der Waals surface area (Å²) in [6.45, 7) is 8.96. The van der Waals surface area contributed by atoms with E-state index in [9.17, 15) is 5.11 Å². The highest BCUT2D eigenvalue weighted by Crippen LogP contribution is 2.44. The van der Waals surface area contributed by atoms with Gasteiger partial charge in [0.2, 0.25) is 0 Å². The van der Waals surface area contributed by atoms with Crippen LogP contribution >= 0.6 is 0 Å². The third-order valence-corrected chi connectivity index (χ3v) is 4.56. The molecule has 3 nitrogen and oxygen atoms in total. The molecular formula is C17H25NO2. The molecule has 0 radical (unpaired) electrons. The molecule has 2 heterocycles. The molecule has 0 aliphatic carbocycles. The van der Waals surface area contributed by atoms with Crippen molar-refractivity contribution in [2.45, 2.75) is 51.7 Å². The fourth-order valence-corrected chi connectivity index (χ4v) is 3.64. The number of fused-ring (bicyclic) bond motifs is 1. The Morgan fingerprint density at radius 1 is 1.35 bits per heavy atom. The van der Waals surface area contributed by atoms with E-state index in [2.05, 4.69) is 25.7 Å².